The van der Waals surface area contributed by atoms with E-state index < -0.39 is 5.97 Å². The highest BCUT2D eigenvalue weighted by Crippen LogP contribution is 2.13. The van der Waals surface area contributed by atoms with E-state index in [2.05, 4.69) is 31.2 Å². The molecule has 0 aliphatic heterocycles. The number of hydrogen-bond donors (Lipinski definition) is 1. The summed E-state index contributed by atoms with van der Waals surface area (Å²) in [6.07, 6.45) is 40.0. The zero-order valence-corrected chi connectivity index (χ0v) is 21.6. The summed E-state index contributed by atoms with van der Waals surface area (Å²) in [6.45, 7) is 2.29. The van der Waals surface area contributed by atoms with Crippen LogP contribution in [0.5, 0.6) is 0 Å². The quantitative estimate of drug-likeness (QED) is 0.105. The third-order valence-electron chi connectivity index (χ3n) is 6.34. The lowest BCUT2D eigenvalue weighted by Crippen LogP contribution is -1.93. The van der Waals surface area contributed by atoms with Crippen LogP contribution in [0.2, 0.25) is 0 Å². The number of unbranched alkanes of at least 4 members (excludes halogenated alkanes) is 20. The molecule has 0 saturated heterocycles. The first-order valence-corrected chi connectivity index (χ1v) is 14.3. The van der Waals surface area contributed by atoms with E-state index in [4.69, 9.17) is 5.11 Å². The molecular formula is C30H56O2. The van der Waals surface area contributed by atoms with E-state index in [0.717, 1.165) is 19.3 Å². The number of rotatable bonds is 26. The number of carbonyl (C=O) groups is 1. The van der Waals surface area contributed by atoms with E-state index in [1.54, 1.807) is 0 Å². The maximum Gasteiger partial charge on any atom is 0.303 e. The highest BCUT2D eigenvalue weighted by Gasteiger charge is 1.96. The van der Waals surface area contributed by atoms with Crippen molar-refractivity contribution in [2.75, 3.05) is 0 Å². The molecule has 0 aromatic rings. The normalized spacial score (nSPS) is 11.8. The molecule has 0 aromatic carbocycles. The predicted molar refractivity (Wildman–Crippen MR) is 142 cm³/mol. The standard InChI is InChI=1S/C30H56O2/c1-2-3-4-5-6-7-8-9-10-11-12-13-14-15-16-17-18-19-20-21-22-23-24-25-26-27-28-29-30(31)32/h16-17,19-20H,2-15,18,21-29H2,1H3,(H,31,32). The van der Waals surface area contributed by atoms with Gasteiger partial charge in [0.05, 0.1) is 0 Å². The first kappa shape index (κ1) is 30.9. The van der Waals surface area contributed by atoms with E-state index in [9.17, 15) is 4.79 Å². The SMILES string of the molecule is CCCCCCCCCCCCCCCC=CCC=CCCCCCCCCCC(=O)O. The lowest BCUT2D eigenvalue weighted by Gasteiger charge is -2.02. The van der Waals surface area contributed by atoms with Gasteiger partial charge < -0.3 is 5.11 Å². The molecule has 2 heteroatoms. The van der Waals surface area contributed by atoms with Crippen LogP contribution in [-0.4, -0.2) is 11.1 Å². The Kier molecular flexibility index (Phi) is 27.1. The van der Waals surface area contributed by atoms with Crippen molar-refractivity contribution in [2.24, 2.45) is 0 Å². The van der Waals surface area contributed by atoms with Gasteiger partial charge in [-0.25, -0.2) is 0 Å². The zero-order valence-electron chi connectivity index (χ0n) is 21.6. The molecule has 0 spiro atoms. The zero-order chi connectivity index (χ0) is 23.4. The fourth-order valence-electron chi connectivity index (χ4n) is 4.21. The van der Waals surface area contributed by atoms with Crippen LogP contribution in [0.3, 0.4) is 0 Å². The van der Waals surface area contributed by atoms with Gasteiger partial charge in [0.25, 0.3) is 0 Å². The number of allylic oxidation sites excluding steroid dienone is 4. The molecule has 0 aliphatic rings. The van der Waals surface area contributed by atoms with E-state index in [1.165, 1.54) is 128 Å². The van der Waals surface area contributed by atoms with Crippen molar-refractivity contribution in [3.8, 4) is 0 Å². The second-order valence-corrected chi connectivity index (χ2v) is 9.62. The number of carboxylic acid groups (broad SMARTS) is 1. The molecule has 1 N–H and O–H groups in total. The first-order valence-electron chi connectivity index (χ1n) is 14.3. The van der Waals surface area contributed by atoms with Crippen molar-refractivity contribution in [2.45, 2.75) is 161 Å². The molecule has 188 valence electrons. The molecule has 0 heterocycles. The van der Waals surface area contributed by atoms with Gasteiger partial charge in [-0.1, -0.05) is 140 Å². The summed E-state index contributed by atoms with van der Waals surface area (Å²) >= 11 is 0. The van der Waals surface area contributed by atoms with Crippen LogP contribution in [0.25, 0.3) is 0 Å². The fourth-order valence-corrected chi connectivity index (χ4v) is 4.21. The Morgan fingerprint density at radius 1 is 0.500 bits per heavy atom. The van der Waals surface area contributed by atoms with Gasteiger partial charge in [0, 0.05) is 6.42 Å². The highest BCUT2D eigenvalue weighted by molar-refractivity contribution is 5.66. The van der Waals surface area contributed by atoms with Gasteiger partial charge in [-0.15, -0.1) is 0 Å². The van der Waals surface area contributed by atoms with Crippen LogP contribution in [0.15, 0.2) is 24.3 Å². The Balaban J connectivity index is 3.16. The summed E-state index contributed by atoms with van der Waals surface area (Å²) in [7, 11) is 0. The Morgan fingerprint density at radius 2 is 0.844 bits per heavy atom. The van der Waals surface area contributed by atoms with Crippen molar-refractivity contribution in [1.29, 1.82) is 0 Å². The lowest BCUT2D eigenvalue weighted by atomic mass is 10.0. The van der Waals surface area contributed by atoms with Gasteiger partial charge in [0.2, 0.25) is 0 Å². The van der Waals surface area contributed by atoms with Gasteiger partial charge in [-0.05, 0) is 38.5 Å². The van der Waals surface area contributed by atoms with Crippen LogP contribution >= 0.6 is 0 Å². The second kappa shape index (κ2) is 28.0. The molecular weight excluding hydrogens is 392 g/mol. The summed E-state index contributed by atoms with van der Waals surface area (Å²) in [5.41, 5.74) is 0. The molecule has 0 aromatic heterocycles. The van der Waals surface area contributed by atoms with Crippen LogP contribution in [0, 0.1) is 0 Å². The molecule has 0 rings (SSSR count). The second-order valence-electron chi connectivity index (χ2n) is 9.62. The maximum absolute atomic E-state index is 10.4. The predicted octanol–water partition coefficient (Wildman–Crippen LogP) is 10.6. The van der Waals surface area contributed by atoms with Crippen molar-refractivity contribution in [3.63, 3.8) is 0 Å². The van der Waals surface area contributed by atoms with Crippen molar-refractivity contribution >= 4 is 5.97 Å². The molecule has 0 saturated carbocycles. The van der Waals surface area contributed by atoms with Crippen molar-refractivity contribution in [3.05, 3.63) is 24.3 Å². The number of hydrogen-bond acceptors (Lipinski definition) is 1. The molecule has 0 amide bonds. The van der Waals surface area contributed by atoms with Crippen molar-refractivity contribution in [1.82, 2.24) is 0 Å². The average molecular weight is 449 g/mol. The van der Waals surface area contributed by atoms with Gasteiger partial charge >= 0.3 is 5.97 Å². The third kappa shape index (κ3) is 28.9. The van der Waals surface area contributed by atoms with Crippen LogP contribution < -0.4 is 0 Å². The van der Waals surface area contributed by atoms with E-state index in [0.29, 0.717) is 6.42 Å². The molecule has 0 bridgehead atoms. The molecule has 32 heavy (non-hydrogen) atoms. The van der Waals surface area contributed by atoms with Gasteiger partial charge in [-0.3, -0.25) is 4.79 Å². The smallest absolute Gasteiger partial charge is 0.303 e. The lowest BCUT2D eigenvalue weighted by molar-refractivity contribution is -0.137. The Hall–Kier alpha value is -1.05. The molecule has 0 atom stereocenters. The number of carboxylic acids is 1. The van der Waals surface area contributed by atoms with Crippen LogP contribution in [0.4, 0.5) is 0 Å². The summed E-state index contributed by atoms with van der Waals surface area (Å²) in [5, 5.41) is 8.60. The average Bonchev–Trinajstić information content (AvgIpc) is 2.78. The minimum absolute atomic E-state index is 0.332. The minimum Gasteiger partial charge on any atom is -0.481 e. The van der Waals surface area contributed by atoms with Gasteiger partial charge in [0.15, 0.2) is 0 Å². The maximum atomic E-state index is 10.4. The molecule has 2 nitrogen and oxygen atoms in total. The van der Waals surface area contributed by atoms with E-state index in [1.807, 2.05) is 0 Å². The Morgan fingerprint density at radius 3 is 1.22 bits per heavy atom. The molecule has 0 fully saturated rings. The van der Waals surface area contributed by atoms with Crippen LogP contribution in [0.1, 0.15) is 161 Å². The van der Waals surface area contributed by atoms with Crippen molar-refractivity contribution < 1.29 is 9.90 Å². The minimum atomic E-state index is -0.661. The summed E-state index contributed by atoms with van der Waals surface area (Å²) in [4.78, 5) is 10.4. The molecule has 0 aliphatic carbocycles. The molecule has 0 radical (unpaired) electrons. The highest BCUT2D eigenvalue weighted by atomic mass is 16.4. The van der Waals surface area contributed by atoms with Gasteiger partial charge in [-0.2, -0.15) is 0 Å². The number of aliphatic carboxylic acids is 1. The first-order chi connectivity index (χ1) is 15.8. The van der Waals surface area contributed by atoms with E-state index >= 15 is 0 Å². The monoisotopic (exact) mass is 448 g/mol. The Bertz CT molecular complexity index is 425. The third-order valence-corrected chi connectivity index (χ3v) is 6.34. The fraction of sp³-hybridized carbons (Fsp3) is 0.833. The summed E-state index contributed by atoms with van der Waals surface area (Å²) in [5.74, 6) is -0.661. The Labute approximate surface area is 201 Å². The molecule has 0 unspecified atom stereocenters. The van der Waals surface area contributed by atoms with Gasteiger partial charge in [0.1, 0.15) is 0 Å². The van der Waals surface area contributed by atoms with E-state index in [-0.39, 0.29) is 0 Å². The topological polar surface area (TPSA) is 37.3 Å². The largest absolute Gasteiger partial charge is 0.481 e. The summed E-state index contributed by atoms with van der Waals surface area (Å²) in [6, 6.07) is 0. The van der Waals surface area contributed by atoms with Crippen LogP contribution in [-0.2, 0) is 4.79 Å². The summed E-state index contributed by atoms with van der Waals surface area (Å²) < 4.78 is 0.